The summed E-state index contributed by atoms with van der Waals surface area (Å²) in [6.45, 7) is 8.32. The maximum Gasteiger partial charge on any atom is 0.132 e. The molecule has 5 heteroatoms. The quantitative estimate of drug-likeness (QED) is 0.741. The Hall–Kier alpha value is -1.36. The van der Waals surface area contributed by atoms with Crippen molar-refractivity contribution in [3.63, 3.8) is 0 Å². The number of hydrogen-bond donors (Lipinski definition) is 3. The summed E-state index contributed by atoms with van der Waals surface area (Å²) in [7, 11) is 0. The minimum Gasteiger partial charge on any atom is -0.396 e. The molecule has 0 fully saturated rings. The van der Waals surface area contributed by atoms with Gasteiger partial charge in [0.2, 0.25) is 0 Å². The van der Waals surface area contributed by atoms with E-state index in [-0.39, 0.29) is 18.1 Å². The zero-order valence-electron chi connectivity index (χ0n) is 11.0. The molecule has 1 unspecified atom stereocenters. The maximum absolute atomic E-state index is 9.09. The highest BCUT2D eigenvalue weighted by Gasteiger charge is 2.24. The zero-order valence-corrected chi connectivity index (χ0v) is 11.0. The predicted octanol–water partition coefficient (Wildman–Crippen LogP) is 1.58. The molecule has 0 bridgehead atoms. The van der Waals surface area contributed by atoms with Gasteiger partial charge in [0.25, 0.3) is 0 Å². The molecule has 17 heavy (non-hydrogen) atoms. The van der Waals surface area contributed by atoms with Crippen LogP contribution in [0.2, 0.25) is 0 Å². The largest absolute Gasteiger partial charge is 0.396 e. The number of hydrogen-bond acceptors (Lipinski definition) is 5. The average Bonchev–Trinajstić information content (AvgIpc) is 2.13. The molecule has 1 atom stereocenters. The molecule has 0 amide bonds. The zero-order chi connectivity index (χ0) is 13.1. The first-order valence-electron chi connectivity index (χ1n) is 5.81. The van der Waals surface area contributed by atoms with Gasteiger partial charge in [0, 0.05) is 18.7 Å². The molecule has 1 aromatic rings. The Balaban J connectivity index is 2.86. The van der Waals surface area contributed by atoms with Crippen molar-refractivity contribution in [2.75, 3.05) is 17.7 Å². The third-order valence-corrected chi connectivity index (χ3v) is 2.64. The molecule has 0 aliphatic heterocycles. The van der Waals surface area contributed by atoms with Crippen LogP contribution in [0.1, 0.15) is 33.0 Å². The van der Waals surface area contributed by atoms with Gasteiger partial charge in [-0.05, 0) is 18.8 Å². The van der Waals surface area contributed by atoms with E-state index in [1.165, 1.54) is 0 Å². The number of aromatic nitrogens is 2. The molecule has 0 aliphatic rings. The Labute approximate surface area is 102 Å². The fourth-order valence-electron chi connectivity index (χ4n) is 1.69. The molecule has 0 spiro atoms. The highest BCUT2D eigenvalue weighted by atomic mass is 16.3. The molecule has 0 aliphatic carbocycles. The van der Waals surface area contributed by atoms with Crippen molar-refractivity contribution in [2.24, 2.45) is 5.41 Å². The van der Waals surface area contributed by atoms with Gasteiger partial charge in [-0.1, -0.05) is 20.8 Å². The minimum absolute atomic E-state index is 0.0380. The lowest BCUT2D eigenvalue weighted by molar-refractivity contribution is 0.235. The van der Waals surface area contributed by atoms with Gasteiger partial charge in [-0.15, -0.1) is 0 Å². The average molecular weight is 238 g/mol. The Morgan fingerprint density at radius 2 is 2.06 bits per heavy atom. The number of aryl methyl sites for hydroxylation is 1. The molecule has 4 N–H and O–H groups in total. The van der Waals surface area contributed by atoms with E-state index < -0.39 is 0 Å². The molecule has 0 saturated heterocycles. The molecule has 0 aromatic carbocycles. The molecular formula is C12H22N4O. The SMILES string of the molecule is Cc1nc(N)cc(NC(CCO)C(C)(C)C)n1. The van der Waals surface area contributed by atoms with Crippen LogP contribution in [-0.4, -0.2) is 27.7 Å². The summed E-state index contributed by atoms with van der Waals surface area (Å²) >= 11 is 0. The predicted molar refractivity (Wildman–Crippen MR) is 69.7 cm³/mol. The van der Waals surface area contributed by atoms with Crippen molar-refractivity contribution < 1.29 is 5.11 Å². The van der Waals surface area contributed by atoms with E-state index in [0.717, 1.165) is 0 Å². The van der Waals surface area contributed by atoms with Crippen molar-refractivity contribution in [3.8, 4) is 0 Å². The van der Waals surface area contributed by atoms with E-state index >= 15 is 0 Å². The Kier molecular flexibility index (Phi) is 4.28. The second-order valence-corrected chi connectivity index (χ2v) is 5.30. The minimum atomic E-state index is 0.0380. The number of aliphatic hydroxyl groups excluding tert-OH is 1. The molecular weight excluding hydrogens is 216 g/mol. The van der Waals surface area contributed by atoms with Crippen LogP contribution < -0.4 is 11.1 Å². The second-order valence-electron chi connectivity index (χ2n) is 5.30. The molecule has 96 valence electrons. The Morgan fingerprint density at radius 3 is 2.53 bits per heavy atom. The van der Waals surface area contributed by atoms with Gasteiger partial charge < -0.3 is 16.2 Å². The molecule has 1 heterocycles. The van der Waals surface area contributed by atoms with Gasteiger partial charge in [-0.3, -0.25) is 0 Å². The third-order valence-electron chi connectivity index (χ3n) is 2.64. The molecule has 1 rings (SSSR count). The number of rotatable bonds is 4. The van der Waals surface area contributed by atoms with E-state index in [1.807, 2.05) is 0 Å². The van der Waals surface area contributed by atoms with E-state index in [0.29, 0.717) is 23.9 Å². The van der Waals surface area contributed by atoms with Crippen LogP contribution in [-0.2, 0) is 0 Å². The van der Waals surface area contributed by atoms with Gasteiger partial charge in [0.1, 0.15) is 17.5 Å². The van der Waals surface area contributed by atoms with Crippen LogP contribution in [0.15, 0.2) is 6.07 Å². The van der Waals surface area contributed by atoms with Gasteiger partial charge in [-0.2, -0.15) is 0 Å². The smallest absolute Gasteiger partial charge is 0.132 e. The maximum atomic E-state index is 9.09. The lowest BCUT2D eigenvalue weighted by atomic mass is 9.85. The highest BCUT2D eigenvalue weighted by molar-refractivity contribution is 5.45. The number of nitrogens with two attached hydrogens (primary N) is 1. The van der Waals surface area contributed by atoms with Crippen LogP contribution in [0.4, 0.5) is 11.6 Å². The van der Waals surface area contributed by atoms with Crippen molar-refractivity contribution in [1.82, 2.24) is 9.97 Å². The summed E-state index contributed by atoms with van der Waals surface area (Å²) in [5.41, 5.74) is 5.72. The standard InChI is InChI=1S/C12H22N4O/c1-8-14-10(13)7-11(15-8)16-9(5-6-17)12(2,3)4/h7,9,17H,5-6H2,1-4H3,(H3,13,14,15,16). The Bertz CT molecular complexity index is 353. The number of nitrogens with zero attached hydrogens (tertiary/aromatic N) is 2. The summed E-state index contributed by atoms with van der Waals surface area (Å²) in [4.78, 5) is 8.31. The van der Waals surface area contributed by atoms with E-state index in [9.17, 15) is 0 Å². The van der Waals surface area contributed by atoms with Crippen LogP contribution in [0.3, 0.4) is 0 Å². The first-order chi connectivity index (χ1) is 7.82. The summed E-state index contributed by atoms with van der Waals surface area (Å²) < 4.78 is 0. The first-order valence-corrected chi connectivity index (χ1v) is 5.81. The number of nitrogen functional groups attached to an aromatic ring is 1. The number of aliphatic hydroxyl groups is 1. The monoisotopic (exact) mass is 238 g/mol. The van der Waals surface area contributed by atoms with Crippen LogP contribution >= 0.6 is 0 Å². The molecule has 5 nitrogen and oxygen atoms in total. The van der Waals surface area contributed by atoms with Crippen LogP contribution in [0.25, 0.3) is 0 Å². The summed E-state index contributed by atoms with van der Waals surface area (Å²) in [5.74, 6) is 1.81. The second kappa shape index (κ2) is 5.31. The summed E-state index contributed by atoms with van der Waals surface area (Å²) in [5, 5.41) is 12.4. The lowest BCUT2D eigenvalue weighted by Crippen LogP contribution is -2.35. The van der Waals surface area contributed by atoms with Gasteiger partial charge >= 0.3 is 0 Å². The van der Waals surface area contributed by atoms with Gasteiger partial charge in [-0.25, -0.2) is 9.97 Å². The third kappa shape index (κ3) is 4.19. The van der Waals surface area contributed by atoms with Gasteiger partial charge in [0.05, 0.1) is 0 Å². The molecule has 1 aromatic heterocycles. The van der Waals surface area contributed by atoms with E-state index in [4.69, 9.17) is 10.8 Å². The van der Waals surface area contributed by atoms with Crippen molar-refractivity contribution in [1.29, 1.82) is 0 Å². The van der Waals surface area contributed by atoms with Crippen molar-refractivity contribution >= 4 is 11.6 Å². The molecule has 0 radical (unpaired) electrons. The van der Waals surface area contributed by atoms with E-state index in [2.05, 4.69) is 36.1 Å². The van der Waals surface area contributed by atoms with Crippen molar-refractivity contribution in [3.05, 3.63) is 11.9 Å². The van der Waals surface area contributed by atoms with E-state index in [1.54, 1.807) is 13.0 Å². The Morgan fingerprint density at radius 1 is 1.41 bits per heavy atom. The molecule has 0 saturated carbocycles. The number of anilines is 2. The topological polar surface area (TPSA) is 84.1 Å². The summed E-state index contributed by atoms with van der Waals surface area (Å²) in [6, 6.07) is 1.85. The normalized spacial score (nSPS) is 13.5. The fourth-order valence-corrected chi connectivity index (χ4v) is 1.69. The van der Waals surface area contributed by atoms with Crippen LogP contribution in [0, 0.1) is 12.3 Å². The van der Waals surface area contributed by atoms with Gasteiger partial charge in [0.15, 0.2) is 0 Å². The van der Waals surface area contributed by atoms with Crippen molar-refractivity contribution in [2.45, 2.75) is 40.2 Å². The lowest BCUT2D eigenvalue weighted by Gasteiger charge is -2.31. The first kappa shape index (κ1) is 13.7. The van der Waals surface area contributed by atoms with Crippen LogP contribution in [0.5, 0.6) is 0 Å². The highest BCUT2D eigenvalue weighted by Crippen LogP contribution is 2.25. The fraction of sp³-hybridized carbons (Fsp3) is 0.667. The number of nitrogens with one attached hydrogen (secondary N) is 1. The summed E-state index contributed by atoms with van der Waals surface area (Å²) in [6.07, 6.45) is 0.673.